The number of pyridine rings is 1. The lowest BCUT2D eigenvalue weighted by Crippen LogP contribution is -2.24. The van der Waals surface area contributed by atoms with Crippen LogP contribution in [0.1, 0.15) is 0 Å². The molecule has 0 aliphatic rings. The van der Waals surface area contributed by atoms with E-state index in [0.29, 0.717) is 0 Å². The summed E-state index contributed by atoms with van der Waals surface area (Å²) in [6.07, 6.45) is 2.05. The van der Waals surface area contributed by atoms with Crippen LogP contribution in [0.15, 0.2) is 132 Å². The second-order valence-electron chi connectivity index (χ2n) is 8.84. The predicted molar refractivity (Wildman–Crippen MR) is 147 cm³/mol. The maximum absolute atomic E-state index is 14.6. The van der Waals surface area contributed by atoms with Crippen molar-refractivity contribution < 1.29 is 8.98 Å². The van der Waals surface area contributed by atoms with Crippen LogP contribution in [-0.4, -0.2) is 9.38 Å². The summed E-state index contributed by atoms with van der Waals surface area (Å²) >= 11 is 0. The number of hydrogen-bond donors (Lipinski definition) is 0. The molecule has 4 nitrogen and oxygen atoms in total. The van der Waals surface area contributed by atoms with Crippen molar-refractivity contribution in [1.82, 2.24) is 9.38 Å². The quantitative estimate of drug-likeness (QED) is 0.267. The van der Waals surface area contributed by atoms with E-state index in [1.807, 2.05) is 120 Å². The summed E-state index contributed by atoms with van der Waals surface area (Å²) in [6.45, 7) is 0. The van der Waals surface area contributed by atoms with Gasteiger partial charge in [0.05, 0.1) is 0 Å². The van der Waals surface area contributed by atoms with E-state index in [-0.39, 0.29) is 0 Å². The standard InChI is InChI=1S/C31H21N2O2P/c34-36(24-9-3-1-4-10-24,25-11-5-2-6-12-25)26-18-15-22(16-19-26)23-17-20-29-32-30-27-13-7-8-14-28(27)35-31(30)33(29)21-23/h1-21H. The second kappa shape index (κ2) is 8.08. The lowest BCUT2D eigenvalue weighted by Gasteiger charge is -2.20. The molecular formula is C31H21N2O2P. The molecule has 0 unspecified atom stereocenters. The average Bonchev–Trinajstić information content (AvgIpc) is 3.49. The third-order valence-corrected chi connectivity index (χ3v) is 9.80. The molecule has 0 bridgehead atoms. The zero-order valence-corrected chi connectivity index (χ0v) is 20.2. The molecule has 36 heavy (non-hydrogen) atoms. The van der Waals surface area contributed by atoms with Crippen LogP contribution >= 0.6 is 7.14 Å². The zero-order valence-electron chi connectivity index (χ0n) is 19.3. The van der Waals surface area contributed by atoms with E-state index in [4.69, 9.17) is 9.40 Å². The van der Waals surface area contributed by atoms with Gasteiger partial charge in [-0.2, -0.15) is 0 Å². The molecule has 4 aromatic carbocycles. The van der Waals surface area contributed by atoms with Gasteiger partial charge < -0.3 is 8.98 Å². The first-order valence-corrected chi connectivity index (χ1v) is 13.5. The van der Waals surface area contributed by atoms with E-state index in [2.05, 4.69) is 12.3 Å². The fourth-order valence-electron chi connectivity index (χ4n) is 4.91. The molecule has 0 radical (unpaired) electrons. The molecule has 0 aliphatic carbocycles. The number of benzene rings is 4. The van der Waals surface area contributed by atoms with Crippen molar-refractivity contribution in [2.24, 2.45) is 0 Å². The van der Waals surface area contributed by atoms with E-state index in [1.165, 1.54) is 0 Å². The summed E-state index contributed by atoms with van der Waals surface area (Å²) in [6, 6.07) is 39.6. The van der Waals surface area contributed by atoms with E-state index < -0.39 is 7.14 Å². The topological polar surface area (TPSA) is 47.5 Å². The van der Waals surface area contributed by atoms with Gasteiger partial charge in [-0.1, -0.05) is 97.1 Å². The molecule has 0 amide bonds. The number of hydrogen-bond acceptors (Lipinski definition) is 3. The molecule has 172 valence electrons. The molecule has 0 aliphatic heterocycles. The van der Waals surface area contributed by atoms with Crippen LogP contribution < -0.4 is 15.9 Å². The summed E-state index contributed by atoms with van der Waals surface area (Å²) in [5, 5.41) is 3.49. The highest BCUT2D eigenvalue weighted by Gasteiger charge is 2.29. The van der Waals surface area contributed by atoms with Crippen molar-refractivity contribution in [2.75, 3.05) is 0 Å². The maximum atomic E-state index is 14.6. The van der Waals surface area contributed by atoms with Crippen molar-refractivity contribution in [3.8, 4) is 11.1 Å². The number of aromatic nitrogens is 2. The largest absolute Gasteiger partial charge is 0.437 e. The molecule has 7 rings (SSSR count). The normalized spacial score (nSPS) is 12.0. The SMILES string of the molecule is O=P(c1ccccc1)(c1ccccc1)c1ccc(-c2ccc3nc4c5ccccc5oc4n3c2)cc1. The molecule has 0 N–H and O–H groups in total. The van der Waals surface area contributed by atoms with Crippen molar-refractivity contribution >= 4 is 50.9 Å². The van der Waals surface area contributed by atoms with Gasteiger partial charge in [0.25, 0.3) is 0 Å². The third kappa shape index (κ3) is 3.16. The minimum atomic E-state index is -3.00. The fourth-order valence-corrected chi connectivity index (χ4v) is 7.56. The van der Waals surface area contributed by atoms with Gasteiger partial charge in [0.1, 0.15) is 16.7 Å². The van der Waals surface area contributed by atoms with Crippen molar-refractivity contribution in [3.05, 3.63) is 128 Å². The van der Waals surface area contributed by atoms with Crippen molar-refractivity contribution in [3.63, 3.8) is 0 Å². The summed E-state index contributed by atoms with van der Waals surface area (Å²) in [4.78, 5) is 4.78. The minimum Gasteiger partial charge on any atom is -0.437 e. The first-order valence-electron chi connectivity index (χ1n) is 11.8. The Balaban J connectivity index is 1.34. The molecule has 0 fully saturated rings. The Labute approximate surface area is 207 Å². The lowest BCUT2D eigenvalue weighted by atomic mass is 10.1. The van der Waals surface area contributed by atoms with Gasteiger partial charge in [-0.05, 0) is 35.4 Å². The number of furan rings is 1. The Morgan fingerprint density at radius 2 is 1.19 bits per heavy atom. The number of para-hydroxylation sites is 1. The highest BCUT2D eigenvalue weighted by molar-refractivity contribution is 7.85. The first-order chi connectivity index (χ1) is 17.7. The summed E-state index contributed by atoms with van der Waals surface area (Å²) in [5.41, 5.74) is 5.34. The highest BCUT2D eigenvalue weighted by atomic mass is 31.2. The Hall–Kier alpha value is -4.40. The van der Waals surface area contributed by atoms with Gasteiger partial charge in [0, 0.05) is 27.5 Å². The summed E-state index contributed by atoms with van der Waals surface area (Å²) in [7, 11) is -3.00. The lowest BCUT2D eigenvalue weighted by molar-refractivity contribution is 0.592. The van der Waals surface area contributed by atoms with Gasteiger partial charge >= 0.3 is 0 Å². The van der Waals surface area contributed by atoms with Crippen molar-refractivity contribution in [1.29, 1.82) is 0 Å². The molecule has 0 spiro atoms. The monoisotopic (exact) mass is 484 g/mol. The van der Waals surface area contributed by atoms with Crippen LogP contribution in [0.25, 0.3) is 39.0 Å². The minimum absolute atomic E-state index is 0.738. The fraction of sp³-hybridized carbons (Fsp3) is 0. The van der Waals surface area contributed by atoms with Crippen LogP contribution in [-0.2, 0) is 4.57 Å². The van der Waals surface area contributed by atoms with E-state index >= 15 is 0 Å². The molecule has 7 aromatic rings. The van der Waals surface area contributed by atoms with Gasteiger partial charge in [-0.15, -0.1) is 0 Å². The molecule has 0 saturated heterocycles. The van der Waals surface area contributed by atoms with Crippen LogP contribution in [0.3, 0.4) is 0 Å². The predicted octanol–water partition coefficient (Wildman–Crippen LogP) is 6.54. The molecular weight excluding hydrogens is 463 g/mol. The molecule has 5 heteroatoms. The third-order valence-electron chi connectivity index (χ3n) is 6.73. The highest BCUT2D eigenvalue weighted by Crippen LogP contribution is 2.42. The number of nitrogens with zero attached hydrogens (tertiary/aromatic N) is 2. The number of fused-ring (bicyclic) bond motifs is 5. The Kier molecular flexibility index (Phi) is 4.70. The number of imidazole rings is 1. The van der Waals surface area contributed by atoms with E-state index in [1.54, 1.807) is 0 Å². The molecule has 3 aromatic heterocycles. The number of rotatable bonds is 4. The van der Waals surface area contributed by atoms with Crippen LogP contribution in [0, 0.1) is 0 Å². The first kappa shape index (κ1) is 20.9. The van der Waals surface area contributed by atoms with Crippen molar-refractivity contribution in [2.45, 2.75) is 0 Å². The molecule has 0 atom stereocenters. The van der Waals surface area contributed by atoms with E-state index in [0.717, 1.165) is 54.9 Å². The Bertz CT molecular complexity index is 1860. The Morgan fingerprint density at radius 3 is 1.89 bits per heavy atom. The van der Waals surface area contributed by atoms with Crippen LogP contribution in [0.5, 0.6) is 0 Å². The van der Waals surface area contributed by atoms with E-state index in [9.17, 15) is 4.57 Å². The molecule has 3 heterocycles. The second-order valence-corrected chi connectivity index (χ2v) is 11.6. The van der Waals surface area contributed by atoms with Gasteiger partial charge in [0.2, 0.25) is 5.71 Å². The average molecular weight is 484 g/mol. The Morgan fingerprint density at radius 1 is 0.611 bits per heavy atom. The summed E-state index contributed by atoms with van der Waals surface area (Å²) < 4.78 is 22.7. The van der Waals surface area contributed by atoms with Gasteiger partial charge in [-0.3, -0.25) is 4.40 Å². The maximum Gasteiger partial charge on any atom is 0.232 e. The molecule has 0 saturated carbocycles. The smallest absolute Gasteiger partial charge is 0.232 e. The zero-order chi connectivity index (χ0) is 24.1. The van der Waals surface area contributed by atoms with Crippen LogP contribution in [0.4, 0.5) is 0 Å². The summed E-state index contributed by atoms with van der Waals surface area (Å²) in [5.74, 6) is 0. The van der Waals surface area contributed by atoms with Gasteiger partial charge in [-0.25, -0.2) is 4.98 Å². The van der Waals surface area contributed by atoms with Crippen LogP contribution in [0.2, 0.25) is 0 Å². The van der Waals surface area contributed by atoms with Gasteiger partial charge in [0.15, 0.2) is 7.14 Å².